The van der Waals surface area contributed by atoms with E-state index in [4.69, 9.17) is 4.52 Å². The molecular weight excluding hydrogens is 308 g/mol. The Balaban J connectivity index is 1.85. The molecule has 108 valence electrons. The van der Waals surface area contributed by atoms with Gasteiger partial charge in [-0.15, -0.1) is 11.3 Å². The molecule has 0 saturated carbocycles. The van der Waals surface area contributed by atoms with Gasteiger partial charge >= 0.3 is 0 Å². The highest BCUT2D eigenvalue weighted by molar-refractivity contribution is 8.18. The molecular formula is C14H12N2O3S2. The van der Waals surface area contributed by atoms with Gasteiger partial charge in [-0.1, -0.05) is 11.2 Å². The molecule has 7 heteroatoms. The standard InChI is InChI=1S/C14H12N2O3S2/c1-8-11(9(2)19-15-8)7-16-13(17)12(21-14(16)18)6-10-4-3-5-20-10/h3-6H,7H2,1-2H3/b12-6-. The third kappa shape index (κ3) is 2.66. The largest absolute Gasteiger partial charge is 0.361 e. The molecule has 5 nitrogen and oxygen atoms in total. The molecule has 3 heterocycles. The van der Waals surface area contributed by atoms with E-state index in [1.165, 1.54) is 16.2 Å². The lowest BCUT2D eigenvalue weighted by Gasteiger charge is -2.11. The average molecular weight is 320 g/mol. The molecule has 1 fully saturated rings. The monoisotopic (exact) mass is 320 g/mol. The molecule has 2 aromatic rings. The summed E-state index contributed by atoms with van der Waals surface area (Å²) >= 11 is 2.50. The van der Waals surface area contributed by atoms with Crippen molar-refractivity contribution in [3.05, 3.63) is 44.3 Å². The van der Waals surface area contributed by atoms with Gasteiger partial charge in [0.2, 0.25) is 0 Å². The van der Waals surface area contributed by atoms with Crippen LogP contribution in [0.1, 0.15) is 21.9 Å². The Kier molecular flexibility index (Phi) is 3.69. The number of amides is 2. The summed E-state index contributed by atoms with van der Waals surface area (Å²) in [5.74, 6) is 0.368. The van der Waals surface area contributed by atoms with Gasteiger partial charge in [-0.2, -0.15) is 0 Å². The number of carbonyl (C=O) groups is 2. The number of imide groups is 1. The van der Waals surface area contributed by atoms with Crippen LogP contribution < -0.4 is 0 Å². The number of aryl methyl sites for hydroxylation is 2. The van der Waals surface area contributed by atoms with Crippen molar-refractivity contribution in [3.63, 3.8) is 0 Å². The van der Waals surface area contributed by atoms with E-state index in [0.29, 0.717) is 16.4 Å². The van der Waals surface area contributed by atoms with E-state index in [0.717, 1.165) is 22.2 Å². The number of carbonyl (C=O) groups excluding carboxylic acids is 2. The van der Waals surface area contributed by atoms with Gasteiger partial charge in [0.25, 0.3) is 11.1 Å². The summed E-state index contributed by atoms with van der Waals surface area (Å²) in [6, 6.07) is 3.82. The second-order valence-corrected chi connectivity index (χ2v) is 6.56. The van der Waals surface area contributed by atoms with Crippen molar-refractivity contribution in [2.24, 2.45) is 0 Å². The number of aromatic nitrogens is 1. The minimum absolute atomic E-state index is 0.202. The Morgan fingerprint density at radius 1 is 1.38 bits per heavy atom. The predicted octanol–water partition coefficient (Wildman–Crippen LogP) is 3.59. The summed E-state index contributed by atoms with van der Waals surface area (Å²) < 4.78 is 5.07. The van der Waals surface area contributed by atoms with Crippen molar-refractivity contribution in [1.82, 2.24) is 10.1 Å². The maximum absolute atomic E-state index is 12.4. The third-order valence-electron chi connectivity index (χ3n) is 3.19. The van der Waals surface area contributed by atoms with Gasteiger partial charge in [0, 0.05) is 10.4 Å². The van der Waals surface area contributed by atoms with Crippen LogP contribution in [0.3, 0.4) is 0 Å². The van der Waals surface area contributed by atoms with E-state index in [2.05, 4.69) is 5.16 Å². The fourth-order valence-electron chi connectivity index (χ4n) is 2.02. The zero-order valence-corrected chi connectivity index (χ0v) is 13.1. The topological polar surface area (TPSA) is 63.4 Å². The Bertz CT molecular complexity index is 712. The first kappa shape index (κ1) is 14.1. The number of hydrogen-bond acceptors (Lipinski definition) is 6. The Morgan fingerprint density at radius 2 is 2.19 bits per heavy atom. The highest BCUT2D eigenvalue weighted by Gasteiger charge is 2.36. The Morgan fingerprint density at radius 3 is 2.81 bits per heavy atom. The molecule has 2 aromatic heterocycles. The van der Waals surface area contributed by atoms with E-state index in [9.17, 15) is 9.59 Å². The average Bonchev–Trinajstić information content (AvgIpc) is 3.12. The summed E-state index contributed by atoms with van der Waals surface area (Å²) in [5, 5.41) is 5.51. The van der Waals surface area contributed by atoms with Crippen LogP contribution in [-0.2, 0) is 11.3 Å². The van der Waals surface area contributed by atoms with Crippen LogP contribution in [0.5, 0.6) is 0 Å². The molecule has 0 spiro atoms. The van der Waals surface area contributed by atoms with Gasteiger partial charge in [0.15, 0.2) is 0 Å². The van der Waals surface area contributed by atoms with Crippen molar-refractivity contribution < 1.29 is 14.1 Å². The third-order valence-corrected chi connectivity index (χ3v) is 4.91. The molecule has 0 aromatic carbocycles. The van der Waals surface area contributed by atoms with Gasteiger partial charge in [-0.25, -0.2) is 0 Å². The molecule has 0 aliphatic carbocycles. The maximum Gasteiger partial charge on any atom is 0.293 e. The molecule has 0 radical (unpaired) electrons. The fraction of sp³-hybridized carbons (Fsp3) is 0.214. The molecule has 0 N–H and O–H groups in total. The molecule has 21 heavy (non-hydrogen) atoms. The quantitative estimate of drug-likeness (QED) is 0.809. The van der Waals surface area contributed by atoms with E-state index >= 15 is 0 Å². The van der Waals surface area contributed by atoms with Gasteiger partial charge in [-0.05, 0) is 43.1 Å². The smallest absolute Gasteiger partial charge is 0.293 e. The van der Waals surface area contributed by atoms with Gasteiger partial charge in [0.05, 0.1) is 17.1 Å². The first-order valence-electron chi connectivity index (χ1n) is 6.27. The summed E-state index contributed by atoms with van der Waals surface area (Å²) in [6.07, 6.45) is 1.75. The van der Waals surface area contributed by atoms with Crippen LogP contribution in [0.2, 0.25) is 0 Å². The Labute approximate surface area is 129 Å². The lowest BCUT2D eigenvalue weighted by molar-refractivity contribution is -0.123. The SMILES string of the molecule is Cc1noc(C)c1CN1C(=O)S/C(=C\c2cccs2)C1=O. The van der Waals surface area contributed by atoms with Crippen LogP contribution in [0.15, 0.2) is 26.9 Å². The van der Waals surface area contributed by atoms with E-state index in [-0.39, 0.29) is 17.7 Å². The lowest BCUT2D eigenvalue weighted by Crippen LogP contribution is -2.27. The Hall–Kier alpha value is -1.86. The van der Waals surface area contributed by atoms with Crippen molar-refractivity contribution in [2.45, 2.75) is 20.4 Å². The van der Waals surface area contributed by atoms with Crippen LogP contribution in [-0.4, -0.2) is 21.2 Å². The molecule has 0 atom stereocenters. The number of thioether (sulfide) groups is 1. The molecule has 0 unspecified atom stereocenters. The lowest BCUT2D eigenvalue weighted by atomic mass is 10.2. The molecule has 1 aliphatic heterocycles. The van der Waals surface area contributed by atoms with Gasteiger partial charge < -0.3 is 4.52 Å². The summed E-state index contributed by atoms with van der Waals surface area (Å²) in [6.45, 7) is 3.77. The van der Waals surface area contributed by atoms with Gasteiger partial charge in [-0.3, -0.25) is 14.5 Å². The summed E-state index contributed by atoms with van der Waals surface area (Å²) in [4.78, 5) is 27.1. The van der Waals surface area contributed by atoms with E-state index in [1.54, 1.807) is 19.9 Å². The zero-order chi connectivity index (χ0) is 15.0. The van der Waals surface area contributed by atoms with Crippen LogP contribution in [0.25, 0.3) is 6.08 Å². The second-order valence-electron chi connectivity index (χ2n) is 4.59. The minimum Gasteiger partial charge on any atom is -0.361 e. The molecule has 1 aliphatic rings. The minimum atomic E-state index is -0.265. The van der Waals surface area contributed by atoms with Gasteiger partial charge in [0.1, 0.15) is 5.76 Å². The normalized spacial score (nSPS) is 17.2. The second kappa shape index (κ2) is 5.50. The molecule has 2 amide bonds. The number of rotatable bonds is 3. The first-order valence-corrected chi connectivity index (χ1v) is 7.96. The van der Waals surface area contributed by atoms with Crippen molar-refractivity contribution in [1.29, 1.82) is 0 Å². The zero-order valence-electron chi connectivity index (χ0n) is 11.5. The maximum atomic E-state index is 12.4. The van der Waals surface area contributed by atoms with Crippen molar-refractivity contribution >= 4 is 40.3 Å². The van der Waals surface area contributed by atoms with Crippen LogP contribution in [0, 0.1) is 13.8 Å². The highest BCUT2D eigenvalue weighted by atomic mass is 32.2. The van der Waals surface area contributed by atoms with E-state index < -0.39 is 0 Å². The summed E-state index contributed by atoms with van der Waals surface area (Å²) in [5.41, 5.74) is 1.49. The van der Waals surface area contributed by atoms with Crippen molar-refractivity contribution in [3.8, 4) is 0 Å². The highest BCUT2D eigenvalue weighted by Crippen LogP contribution is 2.34. The number of thiophene rings is 1. The predicted molar refractivity (Wildman–Crippen MR) is 81.8 cm³/mol. The molecule has 1 saturated heterocycles. The first-order chi connectivity index (χ1) is 10.1. The summed E-state index contributed by atoms with van der Waals surface area (Å²) in [7, 11) is 0. The number of hydrogen-bond donors (Lipinski definition) is 0. The molecule has 3 rings (SSSR count). The van der Waals surface area contributed by atoms with E-state index in [1.807, 2.05) is 17.5 Å². The van der Waals surface area contributed by atoms with Crippen LogP contribution in [0.4, 0.5) is 4.79 Å². The fourth-order valence-corrected chi connectivity index (χ4v) is 3.59. The number of nitrogens with zero attached hydrogens (tertiary/aromatic N) is 2. The van der Waals surface area contributed by atoms with Crippen LogP contribution >= 0.6 is 23.1 Å². The molecule has 0 bridgehead atoms. The van der Waals surface area contributed by atoms with Crippen molar-refractivity contribution in [2.75, 3.05) is 0 Å².